The molecule has 124 valence electrons. The zero-order valence-electron chi connectivity index (χ0n) is 13.4. The Labute approximate surface area is 150 Å². The van der Waals surface area contributed by atoms with E-state index in [1.807, 2.05) is 29.2 Å². The number of nitrogens with zero attached hydrogens (tertiary/aromatic N) is 2. The van der Waals surface area contributed by atoms with Crippen LogP contribution in [0, 0.1) is 0 Å². The standard InChI is InChI=1S/C19H19BrN2O2/c20-17-4-2-1-3-16(17)19(23)22-8-7-14-5-6-15(13-18(14)22)21-9-11-24-12-10-21/h1-6,13H,7-12H2. The van der Waals surface area contributed by atoms with Gasteiger partial charge in [0, 0.05) is 35.5 Å². The summed E-state index contributed by atoms with van der Waals surface area (Å²) >= 11 is 3.49. The number of carbonyl (C=O) groups is 1. The van der Waals surface area contributed by atoms with E-state index in [0.29, 0.717) is 5.56 Å². The van der Waals surface area contributed by atoms with E-state index in [4.69, 9.17) is 4.74 Å². The van der Waals surface area contributed by atoms with E-state index < -0.39 is 0 Å². The first kappa shape index (κ1) is 15.7. The molecule has 0 atom stereocenters. The Kier molecular flexibility index (Phi) is 4.29. The predicted octanol–water partition coefficient (Wildman–Crippen LogP) is 3.49. The summed E-state index contributed by atoms with van der Waals surface area (Å²) in [6, 6.07) is 14.1. The van der Waals surface area contributed by atoms with Crippen molar-refractivity contribution in [1.29, 1.82) is 0 Å². The molecular weight excluding hydrogens is 368 g/mol. The number of ether oxygens (including phenoxy) is 1. The number of rotatable bonds is 2. The van der Waals surface area contributed by atoms with Gasteiger partial charge in [0.05, 0.1) is 18.8 Å². The highest BCUT2D eigenvalue weighted by Crippen LogP contribution is 2.34. The van der Waals surface area contributed by atoms with E-state index in [1.54, 1.807) is 0 Å². The van der Waals surface area contributed by atoms with Crippen molar-refractivity contribution in [2.24, 2.45) is 0 Å². The lowest BCUT2D eigenvalue weighted by atomic mass is 10.1. The SMILES string of the molecule is O=C(c1ccccc1Br)N1CCc2ccc(N3CCOCC3)cc21. The van der Waals surface area contributed by atoms with Crippen molar-refractivity contribution in [2.75, 3.05) is 42.6 Å². The van der Waals surface area contributed by atoms with Gasteiger partial charge in [-0.1, -0.05) is 18.2 Å². The van der Waals surface area contributed by atoms with Crippen LogP contribution in [0.2, 0.25) is 0 Å². The molecule has 0 aliphatic carbocycles. The van der Waals surface area contributed by atoms with E-state index in [1.165, 1.54) is 11.3 Å². The number of carbonyl (C=O) groups excluding carboxylic acids is 1. The third kappa shape index (κ3) is 2.82. The monoisotopic (exact) mass is 386 g/mol. The average Bonchev–Trinajstić information content (AvgIpc) is 3.05. The van der Waals surface area contributed by atoms with E-state index in [-0.39, 0.29) is 5.91 Å². The van der Waals surface area contributed by atoms with Crippen LogP contribution in [0.4, 0.5) is 11.4 Å². The van der Waals surface area contributed by atoms with E-state index in [0.717, 1.165) is 49.4 Å². The van der Waals surface area contributed by atoms with Crippen LogP contribution in [-0.2, 0) is 11.2 Å². The highest BCUT2D eigenvalue weighted by atomic mass is 79.9. The third-order valence-corrected chi connectivity index (χ3v) is 5.38. The minimum atomic E-state index is 0.0559. The number of halogens is 1. The maximum Gasteiger partial charge on any atom is 0.259 e. The molecule has 0 bridgehead atoms. The third-order valence-electron chi connectivity index (χ3n) is 4.69. The molecule has 2 aromatic rings. The second-order valence-electron chi connectivity index (χ2n) is 6.10. The van der Waals surface area contributed by atoms with Crippen molar-refractivity contribution in [3.63, 3.8) is 0 Å². The topological polar surface area (TPSA) is 32.8 Å². The van der Waals surface area contributed by atoms with Gasteiger partial charge in [-0.25, -0.2) is 0 Å². The molecule has 4 nitrogen and oxygen atoms in total. The van der Waals surface area contributed by atoms with Crippen LogP contribution in [0.5, 0.6) is 0 Å². The lowest BCUT2D eigenvalue weighted by Gasteiger charge is -2.29. The molecular formula is C19H19BrN2O2. The van der Waals surface area contributed by atoms with Crippen molar-refractivity contribution >= 4 is 33.2 Å². The number of morpholine rings is 1. The molecule has 1 amide bonds. The van der Waals surface area contributed by atoms with Crippen molar-refractivity contribution < 1.29 is 9.53 Å². The van der Waals surface area contributed by atoms with Gasteiger partial charge in [0.1, 0.15) is 0 Å². The van der Waals surface area contributed by atoms with Crippen LogP contribution >= 0.6 is 15.9 Å². The fourth-order valence-corrected chi connectivity index (χ4v) is 3.83. The second-order valence-corrected chi connectivity index (χ2v) is 6.95. The van der Waals surface area contributed by atoms with Crippen molar-refractivity contribution in [3.8, 4) is 0 Å². The summed E-state index contributed by atoms with van der Waals surface area (Å²) in [5.41, 5.74) is 4.16. The Morgan fingerprint density at radius 3 is 2.62 bits per heavy atom. The normalized spacial score (nSPS) is 17.0. The first-order valence-electron chi connectivity index (χ1n) is 8.26. The van der Waals surface area contributed by atoms with Gasteiger partial charge >= 0.3 is 0 Å². The largest absolute Gasteiger partial charge is 0.378 e. The molecule has 0 N–H and O–H groups in total. The molecule has 2 aliphatic heterocycles. The Morgan fingerprint density at radius 2 is 1.83 bits per heavy atom. The van der Waals surface area contributed by atoms with Gasteiger partial charge in [-0.3, -0.25) is 4.79 Å². The number of fused-ring (bicyclic) bond motifs is 1. The lowest BCUT2D eigenvalue weighted by molar-refractivity contribution is 0.0988. The molecule has 24 heavy (non-hydrogen) atoms. The number of amides is 1. The average molecular weight is 387 g/mol. The number of benzene rings is 2. The second kappa shape index (κ2) is 6.57. The Hall–Kier alpha value is -1.85. The van der Waals surface area contributed by atoms with Crippen molar-refractivity contribution in [2.45, 2.75) is 6.42 Å². The van der Waals surface area contributed by atoms with Gasteiger partial charge in [-0.05, 0) is 52.2 Å². The van der Waals surface area contributed by atoms with Gasteiger partial charge in [0.25, 0.3) is 5.91 Å². The van der Waals surface area contributed by atoms with Gasteiger partial charge in [0.2, 0.25) is 0 Å². The van der Waals surface area contributed by atoms with Gasteiger partial charge in [-0.2, -0.15) is 0 Å². The molecule has 0 spiro atoms. The smallest absolute Gasteiger partial charge is 0.259 e. The number of hydrogen-bond acceptors (Lipinski definition) is 3. The van der Waals surface area contributed by atoms with Gasteiger partial charge < -0.3 is 14.5 Å². The van der Waals surface area contributed by atoms with Crippen LogP contribution < -0.4 is 9.80 Å². The van der Waals surface area contributed by atoms with Gasteiger partial charge in [-0.15, -0.1) is 0 Å². The summed E-state index contributed by atoms with van der Waals surface area (Å²) in [5, 5.41) is 0. The maximum atomic E-state index is 13.0. The summed E-state index contributed by atoms with van der Waals surface area (Å²) in [6.07, 6.45) is 0.912. The Bertz CT molecular complexity index is 772. The fourth-order valence-electron chi connectivity index (χ4n) is 3.38. The molecule has 0 aromatic heterocycles. The lowest BCUT2D eigenvalue weighted by Crippen LogP contribution is -2.36. The van der Waals surface area contributed by atoms with Crippen LogP contribution in [0.25, 0.3) is 0 Å². The molecule has 1 saturated heterocycles. The minimum absolute atomic E-state index is 0.0559. The molecule has 1 fully saturated rings. The zero-order chi connectivity index (χ0) is 16.5. The van der Waals surface area contributed by atoms with Gasteiger partial charge in [0.15, 0.2) is 0 Å². The summed E-state index contributed by atoms with van der Waals surface area (Å²) in [7, 11) is 0. The predicted molar refractivity (Wildman–Crippen MR) is 99.0 cm³/mol. The summed E-state index contributed by atoms with van der Waals surface area (Å²) in [4.78, 5) is 17.2. The summed E-state index contributed by atoms with van der Waals surface area (Å²) in [6.45, 7) is 4.06. The van der Waals surface area contributed by atoms with Crippen LogP contribution in [0.3, 0.4) is 0 Å². The fraction of sp³-hybridized carbons (Fsp3) is 0.316. The van der Waals surface area contributed by atoms with Crippen molar-refractivity contribution in [3.05, 3.63) is 58.1 Å². The molecule has 5 heteroatoms. The molecule has 0 unspecified atom stereocenters. The molecule has 0 saturated carbocycles. The molecule has 2 heterocycles. The molecule has 0 radical (unpaired) electrons. The first-order chi connectivity index (χ1) is 11.7. The first-order valence-corrected chi connectivity index (χ1v) is 9.05. The van der Waals surface area contributed by atoms with Crippen LogP contribution in [0.15, 0.2) is 46.9 Å². The summed E-state index contributed by atoms with van der Waals surface area (Å²) < 4.78 is 6.27. The summed E-state index contributed by atoms with van der Waals surface area (Å²) in [5.74, 6) is 0.0559. The van der Waals surface area contributed by atoms with Crippen LogP contribution in [-0.4, -0.2) is 38.8 Å². The highest BCUT2D eigenvalue weighted by molar-refractivity contribution is 9.10. The Morgan fingerprint density at radius 1 is 1.04 bits per heavy atom. The van der Waals surface area contributed by atoms with E-state index in [2.05, 4.69) is 39.0 Å². The molecule has 2 aromatic carbocycles. The Balaban J connectivity index is 1.65. The number of anilines is 2. The quantitative estimate of drug-likeness (QED) is 0.791. The highest BCUT2D eigenvalue weighted by Gasteiger charge is 2.27. The zero-order valence-corrected chi connectivity index (χ0v) is 15.0. The van der Waals surface area contributed by atoms with Crippen molar-refractivity contribution in [1.82, 2.24) is 0 Å². The van der Waals surface area contributed by atoms with E-state index >= 15 is 0 Å². The minimum Gasteiger partial charge on any atom is -0.378 e. The maximum absolute atomic E-state index is 13.0. The molecule has 2 aliphatic rings. The van der Waals surface area contributed by atoms with E-state index in [9.17, 15) is 4.79 Å². The van der Waals surface area contributed by atoms with Crippen LogP contribution in [0.1, 0.15) is 15.9 Å². The molecule has 4 rings (SSSR count). The number of hydrogen-bond donors (Lipinski definition) is 0.